The number of carbonyl (C=O) groups is 1. The van der Waals surface area contributed by atoms with Gasteiger partial charge in [0.05, 0.1) is 17.6 Å². The molecule has 0 radical (unpaired) electrons. The Morgan fingerprint density at radius 2 is 2.24 bits per heavy atom. The highest BCUT2D eigenvalue weighted by molar-refractivity contribution is 5.89. The van der Waals surface area contributed by atoms with Crippen molar-refractivity contribution in [3.05, 3.63) is 39.8 Å². The minimum Gasteiger partial charge on any atom is -0.461 e. The fourth-order valence-corrected chi connectivity index (χ4v) is 1.53. The van der Waals surface area contributed by atoms with Gasteiger partial charge < -0.3 is 9.72 Å². The smallest absolute Gasteiger partial charge is 0.362 e. The number of aromatic amines is 1. The Labute approximate surface area is 97.4 Å². The summed E-state index contributed by atoms with van der Waals surface area (Å²) in [6, 6.07) is 5.42. The van der Waals surface area contributed by atoms with Gasteiger partial charge in [0.25, 0.3) is 5.56 Å². The second kappa shape index (κ2) is 4.37. The van der Waals surface area contributed by atoms with E-state index in [4.69, 9.17) is 4.74 Å². The molecule has 0 unspecified atom stereocenters. The van der Waals surface area contributed by atoms with Crippen molar-refractivity contribution >= 4 is 17.0 Å². The summed E-state index contributed by atoms with van der Waals surface area (Å²) in [5.41, 5.74) is 1.46. The number of carbonyl (C=O) groups excluding carboxylic acids is 1. The van der Waals surface area contributed by atoms with E-state index in [1.807, 2.05) is 13.0 Å². The van der Waals surface area contributed by atoms with Gasteiger partial charge in [-0.05, 0) is 31.5 Å². The van der Waals surface area contributed by atoms with Crippen molar-refractivity contribution in [1.82, 2.24) is 9.97 Å². The van der Waals surface area contributed by atoms with Crippen molar-refractivity contribution < 1.29 is 9.53 Å². The summed E-state index contributed by atoms with van der Waals surface area (Å²) in [5, 5.41) is 0. The first-order valence-electron chi connectivity index (χ1n) is 5.29. The van der Waals surface area contributed by atoms with Gasteiger partial charge in [-0.2, -0.15) is 0 Å². The van der Waals surface area contributed by atoms with Crippen LogP contribution in [0, 0.1) is 6.92 Å². The van der Waals surface area contributed by atoms with E-state index >= 15 is 0 Å². The SMILES string of the molecule is CCOC(=O)c1nc2cc(C)ccc2[nH]c1=O. The average molecular weight is 232 g/mol. The minimum absolute atomic E-state index is 0.204. The average Bonchev–Trinajstić information content (AvgIpc) is 2.29. The number of aromatic nitrogens is 2. The van der Waals surface area contributed by atoms with Crippen molar-refractivity contribution in [3.8, 4) is 0 Å². The zero-order chi connectivity index (χ0) is 12.4. The Morgan fingerprint density at radius 1 is 1.47 bits per heavy atom. The van der Waals surface area contributed by atoms with Crippen molar-refractivity contribution in [2.75, 3.05) is 6.61 Å². The summed E-state index contributed by atoms with van der Waals surface area (Å²) in [4.78, 5) is 29.7. The number of ether oxygens (including phenoxy) is 1. The molecule has 0 atom stereocenters. The monoisotopic (exact) mass is 232 g/mol. The van der Waals surface area contributed by atoms with Crippen LogP contribution in [0.15, 0.2) is 23.0 Å². The van der Waals surface area contributed by atoms with Gasteiger partial charge in [-0.25, -0.2) is 9.78 Å². The normalized spacial score (nSPS) is 10.5. The molecule has 0 amide bonds. The first-order valence-corrected chi connectivity index (χ1v) is 5.29. The summed E-state index contributed by atoms with van der Waals surface area (Å²) < 4.78 is 4.77. The summed E-state index contributed by atoms with van der Waals surface area (Å²) in [7, 11) is 0. The van der Waals surface area contributed by atoms with Gasteiger partial charge in [-0.1, -0.05) is 6.07 Å². The molecule has 0 saturated heterocycles. The predicted molar refractivity (Wildman–Crippen MR) is 63.1 cm³/mol. The number of nitrogens with zero attached hydrogens (tertiary/aromatic N) is 1. The van der Waals surface area contributed by atoms with E-state index in [0.717, 1.165) is 5.56 Å². The molecule has 0 fully saturated rings. The molecule has 88 valence electrons. The van der Waals surface area contributed by atoms with Crippen LogP contribution in [0.2, 0.25) is 0 Å². The van der Waals surface area contributed by atoms with Crippen LogP contribution in [0.1, 0.15) is 23.0 Å². The Bertz CT molecular complexity index is 631. The van der Waals surface area contributed by atoms with E-state index in [2.05, 4.69) is 9.97 Å². The van der Waals surface area contributed by atoms with E-state index < -0.39 is 11.5 Å². The van der Waals surface area contributed by atoms with Crippen LogP contribution >= 0.6 is 0 Å². The molecular formula is C12H12N2O3. The molecule has 17 heavy (non-hydrogen) atoms. The van der Waals surface area contributed by atoms with Gasteiger partial charge in [-0.3, -0.25) is 4.79 Å². The summed E-state index contributed by atoms with van der Waals surface area (Å²) >= 11 is 0. The van der Waals surface area contributed by atoms with Crippen LogP contribution in [0.4, 0.5) is 0 Å². The van der Waals surface area contributed by atoms with Gasteiger partial charge in [0.2, 0.25) is 5.69 Å². The number of hydrogen-bond donors (Lipinski definition) is 1. The molecule has 2 aromatic rings. The summed E-state index contributed by atoms with van der Waals surface area (Å²) in [5.74, 6) is -0.697. The standard InChI is InChI=1S/C12H12N2O3/c1-3-17-12(16)10-11(15)14-8-5-4-7(2)6-9(8)13-10/h4-6H,3H2,1-2H3,(H,14,15). The molecule has 0 saturated carbocycles. The van der Waals surface area contributed by atoms with Crippen LogP contribution in [-0.2, 0) is 4.74 Å². The Hall–Kier alpha value is -2.17. The third kappa shape index (κ3) is 2.18. The molecule has 1 heterocycles. The van der Waals surface area contributed by atoms with Gasteiger partial charge >= 0.3 is 5.97 Å². The van der Waals surface area contributed by atoms with E-state index in [9.17, 15) is 9.59 Å². The Balaban J connectivity index is 2.61. The molecule has 1 aromatic heterocycles. The molecule has 1 aromatic carbocycles. The molecule has 0 aliphatic rings. The van der Waals surface area contributed by atoms with Crippen LogP contribution in [0.25, 0.3) is 11.0 Å². The lowest BCUT2D eigenvalue weighted by atomic mass is 10.2. The van der Waals surface area contributed by atoms with Gasteiger partial charge in [-0.15, -0.1) is 0 Å². The quantitative estimate of drug-likeness (QED) is 0.794. The highest BCUT2D eigenvalue weighted by Gasteiger charge is 2.14. The lowest BCUT2D eigenvalue weighted by Gasteiger charge is -2.02. The Kier molecular flexibility index (Phi) is 2.91. The van der Waals surface area contributed by atoms with E-state index in [0.29, 0.717) is 11.0 Å². The highest BCUT2D eigenvalue weighted by Crippen LogP contribution is 2.10. The van der Waals surface area contributed by atoms with Crippen LogP contribution in [0.3, 0.4) is 0 Å². The number of esters is 1. The van der Waals surface area contributed by atoms with Crippen LogP contribution < -0.4 is 5.56 Å². The first kappa shape index (κ1) is 11.3. The van der Waals surface area contributed by atoms with Gasteiger partial charge in [0.1, 0.15) is 0 Å². The molecule has 2 rings (SSSR count). The summed E-state index contributed by atoms with van der Waals surface area (Å²) in [6.07, 6.45) is 0. The second-order valence-corrected chi connectivity index (χ2v) is 3.66. The highest BCUT2D eigenvalue weighted by atomic mass is 16.5. The third-order valence-electron chi connectivity index (χ3n) is 2.32. The van der Waals surface area contributed by atoms with Crippen LogP contribution in [-0.4, -0.2) is 22.5 Å². The summed E-state index contributed by atoms with van der Waals surface area (Å²) in [6.45, 7) is 3.80. The third-order valence-corrected chi connectivity index (χ3v) is 2.32. The fraction of sp³-hybridized carbons (Fsp3) is 0.250. The fourth-order valence-electron chi connectivity index (χ4n) is 1.53. The minimum atomic E-state index is -0.697. The lowest BCUT2D eigenvalue weighted by molar-refractivity contribution is 0.0517. The number of nitrogens with one attached hydrogen (secondary N) is 1. The van der Waals surface area contributed by atoms with Crippen molar-refractivity contribution in [2.24, 2.45) is 0 Å². The maximum atomic E-state index is 11.6. The molecule has 0 bridgehead atoms. The number of fused-ring (bicyclic) bond motifs is 1. The largest absolute Gasteiger partial charge is 0.461 e. The van der Waals surface area contributed by atoms with Crippen molar-refractivity contribution in [3.63, 3.8) is 0 Å². The molecule has 1 N–H and O–H groups in total. The van der Waals surface area contributed by atoms with E-state index in [1.165, 1.54) is 0 Å². The maximum Gasteiger partial charge on any atom is 0.362 e. The Morgan fingerprint density at radius 3 is 2.94 bits per heavy atom. The molecule has 0 aliphatic heterocycles. The lowest BCUT2D eigenvalue weighted by Crippen LogP contribution is -2.22. The van der Waals surface area contributed by atoms with Gasteiger partial charge in [0.15, 0.2) is 0 Å². The number of aryl methyl sites for hydroxylation is 1. The molecule has 5 heteroatoms. The molecule has 5 nitrogen and oxygen atoms in total. The number of rotatable bonds is 2. The van der Waals surface area contributed by atoms with E-state index in [-0.39, 0.29) is 12.3 Å². The number of H-pyrrole nitrogens is 1. The maximum absolute atomic E-state index is 11.6. The van der Waals surface area contributed by atoms with Crippen molar-refractivity contribution in [1.29, 1.82) is 0 Å². The zero-order valence-corrected chi connectivity index (χ0v) is 9.61. The predicted octanol–water partition coefficient (Wildman–Crippen LogP) is 1.41. The topological polar surface area (TPSA) is 72.0 Å². The zero-order valence-electron chi connectivity index (χ0n) is 9.61. The molecule has 0 spiro atoms. The second-order valence-electron chi connectivity index (χ2n) is 3.66. The van der Waals surface area contributed by atoms with Gasteiger partial charge in [0, 0.05) is 0 Å². The van der Waals surface area contributed by atoms with Crippen LogP contribution in [0.5, 0.6) is 0 Å². The molecular weight excluding hydrogens is 220 g/mol. The number of hydrogen-bond acceptors (Lipinski definition) is 4. The number of benzene rings is 1. The van der Waals surface area contributed by atoms with E-state index in [1.54, 1.807) is 19.1 Å². The first-order chi connectivity index (χ1) is 8.11. The molecule has 0 aliphatic carbocycles. The van der Waals surface area contributed by atoms with Crippen molar-refractivity contribution in [2.45, 2.75) is 13.8 Å².